The predicted octanol–water partition coefficient (Wildman–Crippen LogP) is 2.95. The van der Waals surface area contributed by atoms with Crippen LogP contribution >= 0.6 is 0 Å². The van der Waals surface area contributed by atoms with Gasteiger partial charge in [0.25, 0.3) is 5.56 Å². The Bertz CT molecular complexity index is 1140. The van der Waals surface area contributed by atoms with Crippen molar-refractivity contribution in [3.8, 4) is 22.6 Å². The molecule has 5 N–H and O–H groups in total. The molecular weight excluding hydrogens is 371 g/mol. The average Bonchev–Trinajstić information content (AvgIpc) is 2.61. The van der Waals surface area contributed by atoms with Crippen molar-refractivity contribution in [3.05, 3.63) is 75.8 Å². The van der Waals surface area contributed by atoms with Crippen LogP contribution in [0.2, 0.25) is 0 Å². The first kappa shape index (κ1) is 18.6. The normalized spacial score (nSPS) is 10.5. The summed E-state index contributed by atoms with van der Waals surface area (Å²) in [5.74, 6) is -4.37. The number of anilines is 1. The molecule has 8 nitrogen and oxygen atoms in total. The second-order valence-corrected chi connectivity index (χ2v) is 5.66. The number of para-hydroxylation sites is 1. The summed E-state index contributed by atoms with van der Waals surface area (Å²) < 4.78 is 19.5. The number of nitrogens with one attached hydrogen (secondary N) is 1. The van der Waals surface area contributed by atoms with Gasteiger partial charge in [-0.15, -0.1) is 0 Å². The number of ether oxygens (including phenoxy) is 1. The number of nitrogens with two attached hydrogens (primary N) is 1. The van der Waals surface area contributed by atoms with Gasteiger partial charge in [-0.25, -0.2) is 14.0 Å². The number of aromatic amines is 1. The van der Waals surface area contributed by atoms with Crippen LogP contribution in [0.3, 0.4) is 0 Å². The largest absolute Gasteiger partial charge is 0.478 e. The Morgan fingerprint density at radius 1 is 1.00 bits per heavy atom. The quantitative estimate of drug-likeness (QED) is 0.529. The van der Waals surface area contributed by atoms with E-state index in [0.29, 0.717) is 5.75 Å². The minimum atomic E-state index is -1.67. The van der Waals surface area contributed by atoms with Crippen molar-refractivity contribution in [1.29, 1.82) is 0 Å². The van der Waals surface area contributed by atoms with Gasteiger partial charge in [0, 0.05) is 17.2 Å². The number of hydrogen-bond donors (Lipinski definition) is 4. The molecule has 1 aromatic heterocycles. The molecule has 0 saturated heterocycles. The zero-order valence-electron chi connectivity index (χ0n) is 14.1. The number of carboxylic acids is 2. The molecule has 0 aliphatic rings. The molecule has 0 unspecified atom stereocenters. The maximum Gasteiger partial charge on any atom is 0.342 e. The standard InChI is InChI=1S/C19H13FN2O6/c20-9-6-7-11(12(8-9)28-10-4-2-1-3-5-10)13-14(18(24)25)16(21)22-17(23)15(13)19(26)27/h1-8H,(H,24,25)(H,26,27)(H3,21,22,23). The van der Waals surface area contributed by atoms with Gasteiger partial charge in [-0.3, -0.25) is 4.79 Å². The van der Waals surface area contributed by atoms with Gasteiger partial charge in [-0.1, -0.05) is 18.2 Å². The van der Waals surface area contributed by atoms with Gasteiger partial charge in [-0.2, -0.15) is 0 Å². The summed E-state index contributed by atoms with van der Waals surface area (Å²) in [5.41, 5.74) is 2.44. The highest BCUT2D eigenvalue weighted by molar-refractivity contribution is 6.08. The number of aromatic carboxylic acids is 2. The molecule has 9 heteroatoms. The molecule has 0 aliphatic carbocycles. The summed E-state index contributed by atoms with van der Waals surface area (Å²) in [7, 11) is 0. The number of carbonyl (C=O) groups is 2. The smallest absolute Gasteiger partial charge is 0.342 e. The second-order valence-electron chi connectivity index (χ2n) is 5.66. The number of carboxylic acid groups (broad SMARTS) is 2. The van der Waals surface area contributed by atoms with Crippen LogP contribution in [-0.2, 0) is 0 Å². The number of aromatic nitrogens is 1. The molecule has 0 saturated carbocycles. The fraction of sp³-hybridized carbons (Fsp3) is 0. The highest BCUT2D eigenvalue weighted by atomic mass is 19.1. The molecular formula is C19H13FN2O6. The first-order valence-corrected chi connectivity index (χ1v) is 7.84. The molecule has 28 heavy (non-hydrogen) atoms. The van der Waals surface area contributed by atoms with E-state index in [2.05, 4.69) is 0 Å². The van der Waals surface area contributed by atoms with Gasteiger partial charge in [0.15, 0.2) is 0 Å². The van der Waals surface area contributed by atoms with Crippen molar-refractivity contribution in [2.24, 2.45) is 0 Å². The third-order valence-electron chi connectivity index (χ3n) is 3.86. The van der Waals surface area contributed by atoms with E-state index in [4.69, 9.17) is 10.5 Å². The Labute approximate surface area is 156 Å². The van der Waals surface area contributed by atoms with Gasteiger partial charge in [0.2, 0.25) is 0 Å². The number of rotatable bonds is 5. The molecule has 0 aliphatic heterocycles. The van der Waals surface area contributed by atoms with Crippen molar-refractivity contribution in [2.75, 3.05) is 5.73 Å². The summed E-state index contributed by atoms with van der Waals surface area (Å²) in [6.45, 7) is 0. The van der Waals surface area contributed by atoms with Crippen LogP contribution in [0.4, 0.5) is 10.2 Å². The summed E-state index contributed by atoms with van der Waals surface area (Å²) in [4.78, 5) is 37.6. The van der Waals surface area contributed by atoms with E-state index in [-0.39, 0.29) is 11.3 Å². The van der Waals surface area contributed by atoms with Crippen LogP contribution in [0.5, 0.6) is 11.5 Å². The fourth-order valence-corrected chi connectivity index (χ4v) is 2.72. The molecule has 3 aromatic rings. The Morgan fingerprint density at radius 3 is 2.25 bits per heavy atom. The average molecular weight is 384 g/mol. The molecule has 2 aromatic carbocycles. The molecule has 0 bridgehead atoms. The van der Waals surface area contributed by atoms with E-state index in [1.54, 1.807) is 30.3 Å². The number of nitrogen functional groups attached to an aromatic ring is 1. The molecule has 0 fully saturated rings. The molecule has 0 radical (unpaired) electrons. The number of pyridine rings is 1. The number of H-pyrrole nitrogens is 1. The van der Waals surface area contributed by atoms with E-state index in [1.807, 2.05) is 4.98 Å². The molecule has 0 spiro atoms. The van der Waals surface area contributed by atoms with Crippen LogP contribution in [-0.4, -0.2) is 27.1 Å². The van der Waals surface area contributed by atoms with E-state index >= 15 is 0 Å². The zero-order chi connectivity index (χ0) is 20.4. The fourth-order valence-electron chi connectivity index (χ4n) is 2.72. The van der Waals surface area contributed by atoms with Crippen molar-refractivity contribution in [1.82, 2.24) is 4.98 Å². The lowest BCUT2D eigenvalue weighted by Gasteiger charge is -2.16. The van der Waals surface area contributed by atoms with E-state index in [1.165, 1.54) is 0 Å². The van der Waals surface area contributed by atoms with Gasteiger partial charge in [0.05, 0.1) is 0 Å². The van der Waals surface area contributed by atoms with Gasteiger partial charge in [0.1, 0.15) is 34.3 Å². The van der Waals surface area contributed by atoms with E-state index in [0.717, 1.165) is 18.2 Å². The van der Waals surface area contributed by atoms with Crippen LogP contribution in [0.1, 0.15) is 20.7 Å². The van der Waals surface area contributed by atoms with Gasteiger partial charge in [-0.05, 0) is 24.3 Å². The molecule has 0 atom stereocenters. The lowest BCUT2D eigenvalue weighted by Crippen LogP contribution is -2.24. The topological polar surface area (TPSA) is 143 Å². The third kappa shape index (κ3) is 3.40. The van der Waals surface area contributed by atoms with Crippen molar-refractivity contribution < 1.29 is 28.9 Å². The Hall–Kier alpha value is -4.14. The Balaban J connectivity index is 2.37. The maximum absolute atomic E-state index is 13.8. The van der Waals surface area contributed by atoms with Gasteiger partial charge >= 0.3 is 11.9 Å². The number of halogens is 1. The SMILES string of the molecule is Nc1[nH]c(=O)c(C(=O)O)c(-c2ccc(F)cc2Oc2ccccc2)c1C(=O)O. The lowest BCUT2D eigenvalue weighted by molar-refractivity contribution is 0.0695. The summed E-state index contributed by atoms with van der Waals surface area (Å²) >= 11 is 0. The van der Waals surface area contributed by atoms with E-state index < -0.39 is 45.8 Å². The molecule has 3 rings (SSSR count). The minimum absolute atomic E-state index is 0.113. The Kier molecular flexibility index (Phi) is 4.82. The minimum Gasteiger partial charge on any atom is -0.478 e. The van der Waals surface area contributed by atoms with Crippen LogP contribution in [0, 0.1) is 5.82 Å². The zero-order valence-corrected chi connectivity index (χ0v) is 14.1. The molecule has 142 valence electrons. The highest BCUT2D eigenvalue weighted by Gasteiger charge is 2.28. The predicted molar refractivity (Wildman–Crippen MR) is 97.3 cm³/mol. The summed E-state index contributed by atoms with van der Waals surface area (Å²) in [5, 5.41) is 19.0. The van der Waals surface area contributed by atoms with Crippen molar-refractivity contribution in [2.45, 2.75) is 0 Å². The monoisotopic (exact) mass is 384 g/mol. The van der Waals surface area contributed by atoms with Crippen molar-refractivity contribution >= 4 is 17.8 Å². The van der Waals surface area contributed by atoms with Crippen molar-refractivity contribution in [3.63, 3.8) is 0 Å². The molecule has 1 heterocycles. The second kappa shape index (κ2) is 7.23. The van der Waals surface area contributed by atoms with Gasteiger partial charge < -0.3 is 25.7 Å². The highest BCUT2D eigenvalue weighted by Crippen LogP contribution is 2.38. The lowest BCUT2D eigenvalue weighted by atomic mass is 9.94. The number of benzene rings is 2. The van der Waals surface area contributed by atoms with Crippen LogP contribution in [0.15, 0.2) is 53.3 Å². The summed E-state index contributed by atoms with van der Waals surface area (Å²) in [6.07, 6.45) is 0. The van der Waals surface area contributed by atoms with Crippen LogP contribution < -0.4 is 16.0 Å². The Morgan fingerprint density at radius 2 is 1.64 bits per heavy atom. The van der Waals surface area contributed by atoms with Crippen LogP contribution in [0.25, 0.3) is 11.1 Å². The number of hydrogen-bond acceptors (Lipinski definition) is 5. The van der Waals surface area contributed by atoms with E-state index in [9.17, 15) is 29.0 Å². The molecule has 0 amide bonds. The summed E-state index contributed by atoms with van der Waals surface area (Å²) in [6, 6.07) is 11.2. The first-order valence-electron chi connectivity index (χ1n) is 7.84. The maximum atomic E-state index is 13.8. The first-order chi connectivity index (χ1) is 13.3. The third-order valence-corrected chi connectivity index (χ3v) is 3.86.